The topological polar surface area (TPSA) is 0 Å². The average molecular weight is 182 g/mol. The predicted octanol–water partition coefficient (Wildman–Crippen LogP) is 3.05. The van der Waals surface area contributed by atoms with E-state index in [9.17, 15) is 0 Å². The van der Waals surface area contributed by atoms with Crippen molar-refractivity contribution in [1.82, 2.24) is 0 Å². The van der Waals surface area contributed by atoms with Gasteiger partial charge >= 0.3 is 65.9 Å². The minimum absolute atomic E-state index is 1.31. The van der Waals surface area contributed by atoms with Gasteiger partial charge in [0.15, 0.2) is 0 Å². The molecule has 0 aliphatic heterocycles. The molecule has 0 bridgehead atoms. The van der Waals surface area contributed by atoms with Crippen LogP contribution in [0.1, 0.15) is 0 Å². The molecule has 0 aromatic carbocycles. The van der Waals surface area contributed by atoms with Crippen LogP contribution in [-0.4, -0.2) is 53.3 Å². The molecule has 0 saturated heterocycles. The van der Waals surface area contributed by atoms with Gasteiger partial charge in [0.1, 0.15) is 0 Å². The molecule has 0 nitrogen and oxygen atoms in total. The van der Waals surface area contributed by atoms with Gasteiger partial charge in [0.05, 0.1) is 0 Å². The summed E-state index contributed by atoms with van der Waals surface area (Å²) in [4.78, 5) is 0. The van der Waals surface area contributed by atoms with Gasteiger partial charge in [0, 0.05) is 0 Å². The van der Waals surface area contributed by atoms with E-state index in [0.717, 1.165) is 0 Å². The van der Waals surface area contributed by atoms with Gasteiger partial charge in [-0.25, -0.2) is 0 Å². The van der Waals surface area contributed by atoms with Gasteiger partial charge in [-0.15, -0.1) is 0 Å². The molecule has 0 aromatic heterocycles. The molecule has 0 aliphatic rings. The second-order valence-corrected chi connectivity index (χ2v) is 30.5. The van der Waals surface area contributed by atoms with E-state index in [1.807, 2.05) is 0 Å². The van der Waals surface area contributed by atoms with Crippen molar-refractivity contribution >= 4 is 12.6 Å². The maximum absolute atomic E-state index is 2.49. The van der Waals surface area contributed by atoms with Crippen molar-refractivity contribution in [1.29, 1.82) is 0 Å². The Morgan fingerprint density at radius 1 is 0.400 bits per heavy atom. The Kier molecular flexibility index (Phi) is 1.93. The van der Waals surface area contributed by atoms with Crippen molar-refractivity contribution in [3.05, 3.63) is 0 Å². The Hall–Kier alpha value is 0.860. The van der Waals surface area contributed by atoms with Gasteiger partial charge in [-0.3, -0.25) is 0 Å². The molecule has 0 aromatic rings. The molecular weight excluding hydrogens is 158 g/mol. The summed E-state index contributed by atoms with van der Waals surface area (Å²) < 4.78 is 0. The van der Waals surface area contributed by atoms with Crippen LogP contribution in [0.3, 0.4) is 0 Å². The fourth-order valence-corrected chi connectivity index (χ4v) is 0. The monoisotopic (exact) mass is 182 g/mol. The Morgan fingerprint density at radius 3 is 0.500 bits per heavy atom. The minimum atomic E-state index is -1.31. The maximum atomic E-state index is 2.49. The molecule has 0 saturated carbocycles. The van der Waals surface area contributed by atoms with Crippen LogP contribution in [0.5, 0.6) is 0 Å². The van der Waals surface area contributed by atoms with E-state index >= 15 is 0 Å². The quantitative estimate of drug-likeness (QED) is 0.547. The molecular formula is C8H24P2. The molecule has 0 fully saturated rings. The van der Waals surface area contributed by atoms with Crippen LogP contribution < -0.4 is 0 Å². The first kappa shape index (κ1) is 10.9. The van der Waals surface area contributed by atoms with Crippen LogP contribution in [-0.2, 0) is 0 Å². The zero-order chi connectivity index (χ0) is 8.89. The molecule has 0 spiro atoms. The summed E-state index contributed by atoms with van der Waals surface area (Å²) in [5.41, 5.74) is 0. The number of hydrogen-bond donors (Lipinski definition) is 0. The van der Waals surface area contributed by atoms with E-state index in [4.69, 9.17) is 0 Å². The zero-order valence-electron chi connectivity index (χ0n) is 8.89. The Balaban J connectivity index is 5.05. The summed E-state index contributed by atoms with van der Waals surface area (Å²) in [5, 5.41) is 0. The van der Waals surface area contributed by atoms with Crippen molar-refractivity contribution in [2.75, 3.05) is 53.3 Å². The third-order valence-corrected chi connectivity index (χ3v) is 28.8. The summed E-state index contributed by atoms with van der Waals surface area (Å²) in [5.74, 6) is 0. The molecule has 0 aliphatic carbocycles. The molecule has 0 heterocycles. The van der Waals surface area contributed by atoms with Gasteiger partial charge < -0.3 is 0 Å². The van der Waals surface area contributed by atoms with Gasteiger partial charge in [-0.1, -0.05) is 0 Å². The molecule has 0 amide bonds. The SMILES string of the molecule is CP(C)(C)(C)P(C)(C)(C)C. The molecule has 0 atom stereocenters. The molecule has 0 rings (SSSR count). The summed E-state index contributed by atoms with van der Waals surface area (Å²) in [7, 11) is 0. The van der Waals surface area contributed by atoms with E-state index in [-0.39, 0.29) is 0 Å². The first-order chi connectivity index (χ1) is 3.78. The summed E-state index contributed by atoms with van der Waals surface area (Å²) in [6, 6.07) is 0. The van der Waals surface area contributed by atoms with Crippen molar-refractivity contribution in [2.24, 2.45) is 0 Å². The Morgan fingerprint density at radius 2 is 0.500 bits per heavy atom. The van der Waals surface area contributed by atoms with E-state index in [2.05, 4.69) is 53.3 Å². The fourth-order valence-electron chi connectivity index (χ4n) is 0. The molecule has 10 heavy (non-hydrogen) atoms. The first-order valence-corrected chi connectivity index (χ1v) is 12.5. The summed E-state index contributed by atoms with van der Waals surface area (Å²) in [6.07, 6.45) is -2.63. The van der Waals surface area contributed by atoms with Crippen LogP contribution in [0.4, 0.5) is 0 Å². The number of rotatable bonds is 1. The van der Waals surface area contributed by atoms with Crippen LogP contribution in [0, 0.1) is 0 Å². The molecule has 2 heteroatoms. The Bertz CT molecular complexity index is 113. The van der Waals surface area contributed by atoms with Gasteiger partial charge in [0.25, 0.3) is 0 Å². The van der Waals surface area contributed by atoms with Crippen LogP contribution in [0.2, 0.25) is 0 Å². The molecule has 0 N–H and O–H groups in total. The Labute approximate surface area is 66.5 Å². The van der Waals surface area contributed by atoms with Crippen LogP contribution in [0.15, 0.2) is 0 Å². The van der Waals surface area contributed by atoms with Gasteiger partial charge in [-0.05, 0) is 0 Å². The van der Waals surface area contributed by atoms with Crippen molar-refractivity contribution in [3.8, 4) is 0 Å². The third-order valence-electron chi connectivity index (χ3n) is 3.20. The predicted molar refractivity (Wildman–Crippen MR) is 61.2 cm³/mol. The fraction of sp³-hybridized carbons (Fsp3) is 1.00. The van der Waals surface area contributed by atoms with Crippen molar-refractivity contribution < 1.29 is 0 Å². The second-order valence-electron chi connectivity index (χ2n) is 6.97. The first-order valence-electron chi connectivity index (χ1n) is 3.78. The normalized spacial score (nSPS) is 22.4. The number of hydrogen-bond acceptors (Lipinski definition) is 0. The van der Waals surface area contributed by atoms with E-state index in [1.165, 1.54) is 0 Å². The third kappa shape index (κ3) is 1.93. The van der Waals surface area contributed by atoms with Crippen LogP contribution >= 0.6 is 12.6 Å². The summed E-state index contributed by atoms with van der Waals surface area (Å²) in [6.45, 7) is 19.9. The van der Waals surface area contributed by atoms with E-state index < -0.39 is 12.6 Å². The summed E-state index contributed by atoms with van der Waals surface area (Å²) >= 11 is 0. The molecule has 0 unspecified atom stereocenters. The average Bonchev–Trinajstić information content (AvgIpc) is 1.14. The second kappa shape index (κ2) is 1.78. The van der Waals surface area contributed by atoms with Gasteiger partial charge in [-0.2, -0.15) is 0 Å². The standard InChI is InChI=1S/C8H24P2/c1-9(2,3,4)10(5,6,7)8/h1-8H3. The van der Waals surface area contributed by atoms with Crippen molar-refractivity contribution in [3.63, 3.8) is 0 Å². The van der Waals surface area contributed by atoms with E-state index in [1.54, 1.807) is 0 Å². The van der Waals surface area contributed by atoms with E-state index in [0.29, 0.717) is 0 Å². The molecule has 66 valence electrons. The van der Waals surface area contributed by atoms with Gasteiger partial charge in [0.2, 0.25) is 0 Å². The van der Waals surface area contributed by atoms with Crippen LogP contribution in [0.25, 0.3) is 0 Å². The van der Waals surface area contributed by atoms with Crippen molar-refractivity contribution in [2.45, 2.75) is 0 Å². The zero-order valence-corrected chi connectivity index (χ0v) is 10.7. The molecule has 0 radical (unpaired) electrons.